The summed E-state index contributed by atoms with van der Waals surface area (Å²) in [5.41, 5.74) is 2.18. The predicted octanol–water partition coefficient (Wildman–Crippen LogP) is -0.695. The minimum atomic E-state index is -0.0244. The zero-order valence-electron chi connectivity index (χ0n) is 10.2. The fourth-order valence-corrected chi connectivity index (χ4v) is 1.95. The minimum absolute atomic E-state index is 0.0244. The van der Waals surface area contributed by atoms with E-state index < -0.39 is 0 Å². The van der Waals surface area contributed by atoms with E-state index in [1.807, 2.05) is 11.9 Å². The van der Waals surface area contributed by atoms with Crippen LogP contribution in [0.15, 0.2) is 6.33 Å². The molecule has 2 N–H and O–H groups in total. The molecule has 0 aliphatic carbocycles. The average Bonchev–Trinajstić information content (AvgIpc) is 2.37. The third-order valence-corrected chi connectivity index (χ3v) is 2.87. The molecule has 0 bridgehead atoms. The van der Waals surface area contributed by atoms with Gasteiger partial charge in [-0.2, -0.15) is 0 Å². The monoisotopic (exact) mass is 235 g/mol. The number of carbonyl (C=O) groups excluding carboxylic acids is 1. The van der Waals surface area contributed by atoms with E-state index in [0.717, 1.165) is 36.6 Å². The van der Waals surface area contributed by atoms with Crippen LogP contribution in [-0.4, -0.2) is 43.1 Å². The number of nitrogens with zero attached hydrogens (tertiary/aromatic N) is 3. The van der Waals surface area contributed by atoms with E-state index in [4.69, 9.17) is 0 Å². The van der Waals surface area contributed by atoms with E-state index in [9.17, 15) is 4.79 Å². The molecule has 2 rings (SSSR count). The van der Waals surface area contributed by atoms with Crippen molar-refractivity contribution in [1.29, 1.82) is 0 Å². The van der Waals surface area contributed by atoms with Crippen LogP contribution in [0.2, 0.25) is 0 Å². The van der Waals surface area contributed by atoms with Gasteiger partial charge in [0.25, 0.3) is 0 Å². The van der Waals surface area contributed by atoms with Crippen LogP contribution in [0, 0.1) is 0 Å². The summed E-state index contributed by atoms with van der Waals surface area (Å²) < 4.78 is 0. The fourth-order valence-electron chi connectivity index (χ4n) is 1.95. The lowest BCUT2D eigenvalue weighted by Gasteiger charge is -2.24. The van der Waals surface area contributed by atoms with Gasteiger partial charge < -0.3 is 15.5 Å². The molecule has 0 atom stereocenters. The van der Waals surface area contributed by atoms with Gasteiger partial charge in [-0.3, -0.25) is 4.79 Å². The van der Waals surface area contributed by atoms with Gasteiger partial charge in [-0.25, -0.2) is 9.97 Å². The lowest BCUT2D eigenvalue weighted by Crippen LogP contribution is -2.35. The molecule has 0 saturated heterocycles. The summed E-state index contributed by atoms with van der Waals surface area (Å²) in [6, 6.07) is 0. The highest BCUT2D eigenvalue weighted by atomic mass is 16.1. The Kier molecular flexibility index (Phi) is 3.53. The maximum Gasteiger partial charge on any atom is 0.239 e. The number of hydrogen-bond acceptors (Lipinski definition) is 5. The van der Waals surface area contributed by atoms with Crippen molar-refractivity contribution in [3.63, 3.8) is 0 Å². The molecule has 17 heavy (non-hydrogen) atoms. The van der Waals surface area contributed by atoms with Crippen LogP contribution in [0.3, 0.4) is 0 Å². The normalized spacial score (nSPS) is 14.0. The van der Waals surface area contributed by atoms with Crippen LogP contribution in [0.5, 0.6) is 0 Å². The molecule has 1 aliphatic rings. The first kappa shape index (κ1) is 11.8. The molecule has 0 saturated carbocycles. The Hall–Kier alpha value is -1.69. The number of fused-ring (bicyclic) bond motifs is 1. The van der Waals surface area contributed by atoms with E-state index in [2.05, 4.69) is 20.6 Å². The number of nitrogens with one attached hydrogen (secondary N) is 2. The number of amides is 1. The number of rotatable bonds is 3. The standard InChI is InChI=1S/C11H17N5O/c1-12-10(17)6-16(2)11-8-5-13-4-3-9(8)14-7-15-11/h7,13H,3-6H2,1-2H3,(H,12,17). The van der Waals surface area contributed by atoms with Gasteiger partial charge in [0.15, 0.2) is 0 Å². The molecule has 1 aromatic heterocycles. The summed E-state index contributed by atoms with van der Waals surface area (Å²) in [4.78, 5) is 21.8. The second-order valence-corrected chi connectivity index (χ2v) is 4.08. The molecule has 6 nitrogen and oxygen atoms in total. The average molecular weight is 235 g/mol. The van der Waals surface area contributed by atoms with E-state index >= 15 is 0 Å². The SMILES string of the molecule is CNC(=O)CN(C)c1ncnc2c1CNCC2. The second-order valence-electron chi connectivity index (χ2n) is 4.08. The molecule has 0 unspecified atom stereocenters. The third-order valence-electron chi connectivity index (χ3n) is 2.87. The number of hydrogen-bond donors (Lipinski definition) is 2. The molecule has 1 aliphatic heterocycles. The number of likely N-dealkylation sites (N-methyl/N-ethyl adjacent to an activating group) is 2. The minimum Gasteiger partial charge on any atom is -0.358 e. The van der Waals surface area contributed by atoms with Gasteiger partial charge in [0.2, 0.25) is 5.91 Å². The van der Waals surface area contributed by atoms with Crippen LogP contribution in [0.4, 0.5) is 5.82 Å². The summed E-state index contributed by atoms with van der Waals surface area (Å²) in [7, 11) is 3.50. The molecule has 6 heteroatoms. The highest BCUT2D eigenvalue weighted by Gasteiger charge is 2.18. The molecule has 1 aromatic rings. The Labute approximate surface area is 100 Å². The van der Waals surface area contributed by atoms with Crippen molar-refractivity contribution in [3.05, 3.63) is 17.6 Å². The summed E-state index contributed by atoms with van der Waals surface area (Å²) in [6.45, 7) is 2.02. The molecule has 92 valence electrons. The second kappa shape index (κ2) is 5.09. The Morgan fingerprint density at radius 3 is 3.18 bits per heavy atom. The van der Waals surface area contributed by atoms with E-state index in [1.54, 1.807) is 13.4 Å². The van der Waals surface area contributed by atoms with Crippen molar-refractivity contribution >= 4 is 11.7 Å². The van der Waals surface area contributed by atoms with E-state index in [-0.39, 0.29) is 5.91 Å². The van der Waals surface area contributed by atoms with Crippen molar-refractivity contribution in [2.24, 2.45) is 0 Å². The van der Waals surface area contributed by atoms with Crippen molar-refractivity contribution in [2.45, 2.75) is 13.0 Å². The van der Waals surface area contributed by atoms with Crippen molar-refractivity contribution in [3.8, 4) is 0 Å². The number of carbonyl (C=O) groups is 1. The lowest BCUT2D eigenvalue weighted by molar-refractivity contribution is -0.119. The first-order valence-electron chi connectivity index (χ1n) is 5.67. The first-order valence-corrected chi connectivity index (χ1v) is 5.67. The fraction of sp³-hybridized carbons (Fsp3) is 0.545. The molecule has 2 heterocycles. The summed E-state index contributed by atoms with van der Waals surface area (Å²) in [6.07, 6.45) is 2.48. The van der Waals surface area contributed by atoms with Crippen LogP contribution < -0.4 is 15.5 Å². The smallest absolute Gasteiger partial charge is 0.239 e. The van der Waals surface area contributed by atoms with E-state index in [1.165, 1.54) is 0 Å². The number of aromatic nitrogens is 2. The Morgan fingerprint density at radius 1 is 1.59 bits per heavy atom. The predicted molar refractivity (Wildman–Crippen MR) is 64.8 cm³/mol. The van der Waals surface area contributed by atoms with Crippen LogP contribution in [0.25, 0.3) is 0 Å². The van der Waals surface area contributed by atoms with Gasteiger partial charge in [0.1, 0.15) is 12.1 Å². The Balaban J connectivity index is 2.22. The molecule has 0 fully saturated rings. The third kappa shape index (κ3) is 2.52. The van der Waals surface area contributed by atoms with Gasteiger partial charge in [0, 0.05) is 39.2 Å². The van der Waals surface area contributed by atoms with Crippen molar-refractivity contribution in [1.82, 2.24) is 20.6 Å². The van der Waals surface area contributed by atoms with Crippen LogP contribution >= 0.6 is 0 Å². The van der Waals surface area contributed by atoms with Gasteiger partial charge in [0.05, 0.1) is 12.2 Å². The first-order chi connectivity index (χ1) is 8.22. The molecule has 0 spiro atoms. The molecule has 0 aromatic carbocycles. The quantitative estimate of drug-likeness (QED) is 0.725. The molecule has 1 amide bonds. The highest BCUT2D eigenvalue weighted by molar-refractivity contribution is 5.80. The maximum atomic E-state index is 11.4. The van der Waals surface area contributed by atoms with Crippen molar-refractivity contribution in [2.75, 3.05) is 32.1 Å². The van der Waals surface area contributed by atoms with Gasteiger partial charge >= 0.3 is 0 Å². The van der Waals surface area contributed by atoms with Crippen LogP contribution in [0.1, 0.15) is 11.3 Å². The van der Waals surface area contributed by atoms with Gasteiger partial charge in [-0.05, 0) is 0 Å². The summed E-state index contributed by atoms with van der Waals surface area (Å²) in [5.74, 6) is 0.814. The summed E-state index contributed by atoms with van der Waals surface area (Å²) >= 11 is 0. The highest BCUT2D eigenvalue weighted by Crippen LogP contribution is 2.20. The molecular formula is C11H17N5O. The number of anilines is 1. The Bertz CT molecular complexity index is 420. The maximum absolute atomic E-state index is 11.4. The largest absolute Gasteiger partial charge is 0.358 e. The Morgan fingerprint density at radius 2 is 2.41 bits per heavy atom. The van der Waals surface area contributed by atoms with Gasteiger partial charge in [-0.1, -0.05) is 0 Å². The molecule has 0 radical (unpaired) electrons. The molecular weight excluding hydrogens is 218 g/mol. The van der Waals surface area contributed by atoms with Crippen LogP contribution in [-0.2, 0) is 17.8 Å². The zero-order chi connectivity index (χ0) is 12.3. The topological polar surface area (TPSA) is 70.2 Å². The van der Waals surface area contributed by atoms with Crippen molar-refractivity contribution < 1.29 is 4.79 Å². The summed E-state index contributed by atoms with van der Waals surface area (Å²) in [5, 5.41) is 5.90. The van der Waals surface area contributed by atoms with E-state index in [0.29, 0.717) is 6.54 Å². The van der Waals surface area contributed by atoms with Gasteiger partial charge in [-0.15, -0.1) is 0 Å². The lowest BCUT2D eigenvalue weighted by atomic mass is 10.1. The zero-order valence-corrected chi connectivity index (χ0v) is 10.2.